The molecule has 1 aromatic carbocycles. The SMILES string of the molecule is CCn1cc(C(=O)O)c(=O)c2cc(O)ccc21. The van der Waals surface area contributed by atoms with E-state index in [-0.39, 0.29) is 16.7 Å². The highest BCUT2D eigenvalue weighted by molar-refractivity contribution is 5.92. The summed E-state index contributed by atoms with van der Waals surface area (Å²) < 4.78 is 1.67. The molecule has 0 aliphatic carbocycles. The van der Waals surface area contributed by atoms with Crippen molar-refractivity contribution in [2.75, 3.05) is 0 Å². The predicted molar refractivity (Wildman–Crippen MR) is 62.5 cm³/mol. The van der Waals surface area contributed by atoms with Gasteiger partial charge in [0.1, 0.15) is 11.3 Å². The second-order valence-corrected chi connectivity index (χ2v) is 3.66. The molecule has 0 aliphatic rings. The maximum absolute atomic E-state index is 11.9. The summed E-state index contributed by atoms with van der Waals surface area (Å²) in [6.45, 7) is 2.39. The fourth-order valence-corrected chi connectivity index (χ4v) is 1.80. The third-order valence-electron chi connectivity index (χ3n) is 2.63. The molecule has 0 bridgehead atoms. The Balaban J connectivity index is 2.96. The zero-order chi connectivity index (χ0) is 12.6. The summed E-state index contributed by atoms with van der Waals surface area (Å²) >= 11 is 0. The molecule has 0 saturated heterocycles. The fraction of sp³-hybridized carbons (Fsp3) is 0.167. The molecule has 0 unspecified atom stereocenters. The van der Waals surface area contributed by atoms with E-state index in [4.69, 9.17) is 5.11 Å². The van der Waals surface area contributed by atoms with E-state index < -0.39 is 11.4 Å². The number of carboxylic acid groups (broad SMARTS) is 1. The Labute approximate surface area is 96.5 Å². The van der Waals surface area contributed by atoms with Gasteiger partial charge in [-0.25, -0.2) is 4.79 Å². The average molecular weight is 233 g/mol. The van der Waals surface area contributed by atoms with Crippen molar-refractivity contribution in [1.29, 1.82) is 0 Å². The number of rotatable bonds is 2. The number of nitrogens with zero attached hydrogens (tertiary/aromatic N) is 1. The molecule has 1 aromatic heterocycles. The summed E-state index contributed by atoms with van der Waals surface area (Å²) in [6, 6.07) is 4.35. The molecule has 0 radical (unpaired) electrons. The van der Waals surface area contributed by atoms with Crippen LogP contribution in [-0.4, -0.2) is 20.7 Å². The van der Waals surface area contributed by atoms with Gasteiger partial charge in [0.25, 0.3) is 0 Å². The molecule has 0 aliphatic heterocycles. The summed E-state index contributed by atoms with van der Waals surface area (Å²) in [4.78, 5) is 22.8. The van der Waals surface area contributed by atoms with Crippen molar-refractivity contribution < 1.29 is 15.0 Å². The van der Waals surface area contributed by atoms with Crippen molar-refractivity contribution in [3.8, 4) is 5.75 Å². The molecule has 17 heavy (non-hydrogen) atoms. The van der Waals surface area contributed by atoms with E-state index >= 15 is 0 Å². The molecule has 5 heteroatoms. The lowest BCUT2D eigenvalue weighted by atomic mass is 10.1. The highest BCUT2D eigenvalue weighted by atomic mass is 16.4. The van der Waals surface area contributed by atoms with Crippen LogP contribution in [0.5, 0.6) is 5.75 Å². The average Bonchev–Trinajstić information content (AvgIpc) is 2.29. The van der Waals surface area contributed by atoms with Crippen molar-refractivity contribution in [2.24, 2.45) is 0 Å². The van der Waals surface area contributed by atoms with Crippen LogP contribution in [0.1, 0.15) is 17.3 Å². The molecule has 2 aromatic rings. The molecule has 0 atom stereocenters. The zero-order valence-electron chi connectivity index (χ0n) is 9.17. The molecule has 0 saturated carbocycles. The van der Waals surface area contributed by atoms with Crippen LogP contribution in [0.4, 0.5) is 0 Å². The monoisotopic (exact) mass is 233 g/mol. The topological polar surface area (TPSA) is 79.5 Å². The van der Waals surface area contributed by atoms with Crippen LogP contribution in [0, 0.1) is 0 Å². The van der Waals surface area contributed by atoms with Gasteiger partial charge in [0.15, 0.2) is 0 Å². The number of hydrogen-bond acceptors (Lipinski definition) is 3. The van der Waals surface area contributed by atoms with Gasteiger partial charge in [-0.05, 0) is 25.1 Å². The van der Waals surface area contributed by atoms with Crippen LogP contribution >= 0.6 is 0 Å². The van der Waals surface area contributed by atoms with Crippen LogP contribution in [0.3, 0.4) is 0 Å². The van der Waals surface area contributed by atoms with E-state index in [1.807, 2.05) is 6.92 Å². The highest BCUT2D eigenvalue weighted by Gasteiger charge is 2.14. The van der Waals surface area contributed by atoms with E-state index in [9.17, 15) is 14.7 Å². The Morgan fingerprint density at radius 1 is 1.41 bits per heavy atom. The van der Waals surface area contributed by atoms with Gasteiger partial charge in [0.05, 0.1) is 10.9 Å². The van der Waals surface area contributed by atoms with Crippen molar-refractivity contribution in [3.63, 3.8) is 0 Å². The molecular formula is C12H11NO4. The number of phenols is 1. The van der Waals surface area contributed by atoms with Gasteiger partial charge in [-0.3, -0.25) is 4.79 Å². The van der Waals surface area contributed by atoms with Crippen LogP contribution in [0.25, 0.3) is 10.9 Å². The lowest BCUT2D eigenvalue weighted by molar-refractivity contribution is 0.0695. The number of fused-ring (bicyclic) bond motifs is 1. The molecule has 88 valence electrons. The normalized spacial score (nSPS) is 10.6. The van der Waals surface area contributed by atoms with Crippen molar-refractivity contribution >= 4 is 16.9 Å². The lowest BCUT2D eigenvalue weighted by Gasteiger charge is -2.09. The first kappa shape index (κ1) is 11.2. The van der Waals surface area contributed by atoms with Gasteiger partial charge in [0, 0.05) is 12.7 Å². The molecule has 0 fully saturated rings. The smallest absolute Gasteiger partial charge is 0.341 e. The van der Waals surface area contributed by atoms with Crippen molar-refractivity contribution in [3.05, 3.63) is 40.2 Å². The summed E-state index contributed by atoms with van der Waals surface area (Å²) in [5.41, 5.74) is -0.252. The molecule has 1 heterocycles. The van der Waals surface area contributed by atoms with Gasteiger partial charge in [-0.2, -0.15) is 0 Å². The largest absolute Gasteiger partial charge is 0.508 e. The Bertz CT molecular complexity index is 657. The van der Waals surface area contributed by atoms with E-state index in [1.54, 1.807) is 10.6 Å². The van der Waals surface area contributed by atoms with E-state index in [0.717, 1.165) is 0 Å². The van der Waals surface area contributed by atoms with Crippen LogP contribution in [0.2, 0.25) is 0 Å². The lowest BCUT2D eigenvalue weighted by Crippen LogP contribution is -2.18. The summed E-state index contributed by atoms with van der Waals surface area (Å²) in [5, 5.41) is 18.5. The van der Waals surface area contributed by atoms with Gasteiger partial charge in [-0.1, -0.05) is 0 Å². The van der Waals surface area contributed by atoms with Crippen molar-refractivity contribution in [1.82, 2.24) is 4.57 Å². The first-order valence-electron chi connectivity index (χ1n) is 5.14. The molecule has 2 rings (SSSR count). The predicted octanol–water partition coefficient (Wildman–Crippen LogP) is 1.43. The number of pyridine rings is 1. The second-order valence-electron chi connectivity index (χ2n) is 3.66. The molecule has 2 N–H and O–H groups in total. The summed E-state index contributed by atoms with van der Waals surface area (Å²) in [5.74, 6) is -1.32. The van der Waals surface area contributed by atoms with Crippen molar-refractivity contribution in [2.45, 2.75) is 13.5 Å². The minimum absolute atomic E-state index is 0.0557. The quantitative estimate of drug-likeness (QED) is 0.822. The maximum Gasteiger partial charge on any atom is 0.341 e. The van der Waals surface area contributed by atoms with Gasteiger partial charge >= 0.3 is 5.97 Å². The number of phenolic OH excluding ortho intramolecular Hbond substituents is 1. The first-order chi connectivity index (χ1) is 8.04. The number of carbonyl (C=O) groups is 1. The molecule has 0 spiro atoms. The summed E-state index contributed by atoms with van der Waals surface area (Å²) in [6.07, 6.45) is 1.32. The Hall–Kier alpha value is -2.30. The summed E-state index contributed by atoms with van der Waals surface area (Å²) in [7, 11) is 0. The van der Waals surface area contributed by atoms with E-state index in [2.05, 4.69) is 0 Å². The standard InChI is InChI=1S/C12H11NO4/c1-2-13-6-9(12(16)17)11(15)8-5-7(14)3-4-10(8)13/h3-6,14H,2H2,1H3,(H,16,17). The number of aromatic nitrogens is 1. The zero-order valence-corrected chi connectivity index (χ0v) is 9.17. The van der Waals surface area contributed by atoms with Gasteiger partial charge in [0.2, 0.25) is 5.43 Å². The van der Waals surface area contributed by atoms with E-state index in [0.29, 0.717) is 12.1 Å². The van der Waals surface area contributed by atoms with Gasteiger partial charge in [-0.15, -0.1) is 0 Å². The van der Waals surface area contributed by atoms with E-state index in [1.165, 1.54) is 18.3 Å². The van der Waals surface area contributed by atoms with Crippen LogP contribution in [0.15, 0.2) is 29.2 Å². The van der Waals surface area contributed by atoms with Gasteiger partial charge < -0.3 is 14.8 Å². The first-order valence-corrected chi connectivity index (χ1v) is 5.14. The third-order valence-corrected chi connectivity index (χ3v) is 2.63. The Morgan fingerprint density at radius 2 is 2.12 bits per heavy atom. The maximum atomic E-state index is 11.9. The molecule has 0 amide bonds. The number of aryl methyl sites for hydroxylation is 1. The number of benzene rings is 1. The van der Waals surface area contributed by atoms with Crippen LogP contribution in [-0.2, 0) is 6.54 Å². The Morgan fingerprint density at radius 3 is 2.71 bits per heavy atom. The number of hydrogen-bond donors (Lipinski definition) is 2. The minimum Gasteiger partial charge on any atom is -0.508 e. The number of aromatic carboxylic acids is 1. The number of carboxylic acids is 1. The molecule has 5 nitrogen and oxygen atoms in total. The minimum atomic E-state index is -1.26. The highest BCUT2D eigenvalue weighted by Crippen LogP contribution is 2.18. The fourth-order valence-electron chi connectivity index (χ4n) is 1.80. The second kappa shape index (κ2) is 3.93. The van der Waals surface area contributed by atoms with Crippen LogP contribution < -0.4 is 5.43 Å². The molecular weight excluding hydrogens is 222 g/mol. The third kappa shape index (κ3) is 1.75. The number of aromatic hydroxyl groups is 1. The Kier molecular flexibility index (Phi) is 2.59.